The number of ketones is 2. The molecule has 3 aromatic rings. The predicted octanol–water partition coefficient (Wildman–Crippen LogP) is 2.82. The average Bonchev–Trinajstić information content (AvgIpc) is 3.36. The minimum atomic E-state index is -0.00655. The number of aromatic nitrogens is 4. The molecule has 0 amide bonds. The van der Waals surface area contributed by atoms with Crippen LogP contribution >= 0.6 is 0 Å². The van der Waals surface area contributed by atoms with Gasteiger partial charge in [-0.3, -0.25) is 9.59 Å². The molecule has 1 fully saturated rings. The van der Waals surface area contributed by atoms with E-state index in [9.17, 15) is 9.59 Å². The molecule has 0 saturated heterocycles. The lowest BCUT2D eigenvalue weighted by Crippen LogP contribution is -2.09. The van der Waals surface area contributed by atoms with Crippen molar-refractivity contribution in [2.24, 2.45) is 5.92 Å². The summed E-state index contributed by atoms with van der Waals surface area (Å²) in [6, 6.07) is 9.10. The first kappa shape index (κ1) is 15.6. The van der Waals surface area contributed by atoms with Crippen LogP contribution in [0.2, 0.25) is 0 Å². The van der Waals surface area contributed by atoms with Gasteiger partial charge < -0.3 is 0 Å². The van der Waals surface area contributed by atoms with Crippen LogP contribution in [0.1, 0.15) is 41.6 Å². The van der Waals surface area contributed by atoms with Gasteiger partial charge in [0.15, 0.2) is 17.3 Å². The molecule has 126 valence electrons. The van der Waals surface area contributed by atoms with E-state index in [4.69, 9.17) is 0 Å². The molecule has 0 radical (unpaired) electrons. The monoisotopic (exact) mass is 334 g/mol. The Kier molecular flexibility index (Phi) is 3.67. The smallest absolute Gasteiger partial charge is 0.163 e. The highest BCUT2D eigenvalue weighted by Gasteiger charge is 2.29. The lowest BCUT2D eigenvalue weighted by Gasteiger charge is -2.08. The Morgan fingerprint density at radius 1 is 1.20 bits per heavy atom. The van der Waals surface area contributed by atoms with Crippen LogP contribution in [0.25, 0.3) is 17.0 Å². The molecule has 1 aromatic carbocycles. The Labute approximate surface area is 144 Å². The van der Waals surface area contributed by atoms with Crippen molar-refractivity contribution in [2.45, 2.75) is 33.1 Å². The molecule has 0 unspecified atom stereocenters. The van der Waals surface area contributed by atoms with Crippen molar-refractivity contribution < 1.29 is 9.59 Å². The molecular weight excluding hydrogens is 316 g/mol. The van der Waals surface area contributed by atoms with Gasteiger partial charge in [0.1, 0.15) is 11.6 Å². The number of carbonyl (C=O) groups excluding carboxylic acids is 2. The van der Waals surface area contributed by atoms with Gasteiger partial charge in [-0.05, 0) is 32.8 Å². The topological polar surface area (TPSA) is 77.2 Å². The second-order valence-electron chi connectivity index (χ2n) is 6.55. The minimum Gasteiger partial charge on any atom is -0.299 e. The van der Waals surface area contributed by atoms with E-state index in [-0.39, 0.29) is 17.5 Å². The Balaban J connectivity index is 1.84. The van der Waals surface area contributed by atoms with Gasteiger partial charge in [0, 0.05) is 29.5 Å². The van der Waals surface area contributed by atoms with Crippen LogP contribution in [0.4, 0.5) is 0 Å². The quantitative estimate of drug-likeness (QED) is 0.671. The van der Waals surface area contributed by atoms with Crippen molar-refractivity contribution in [2.75, 3.05) is 0 Å². The molecule has 0 spiro atoms. The molecular formula is C19H18N4O2. The summed E-state index contributed by atoms with van der Waals surface area (Å²) in [5.41, 5.74) is 2.75. The number of rotatable bonds is 5. The normalized spacial score (nSPS) is 14.0. The zero-order chi connectivity index (χ0) is 17.6. The molecule has 6 heteroatoms. The maximum absolute atomic E-state index is 12.2. The van der Waals surface area contributed by atoms with Crippen LogP contribution in [-0.4, -0.2) is 31.1 Å². The van der Waals surface area contributed by atoms with Crippen molar-refractivity contribution in [1.82, 2.24) is 19.6 Å². The molecule has 0 aliphatic heterocycles. The lowest BCUT2D eigenvalue weighted by molar-refractivity contribution is -0.119. The van der Waals surface area contributed by atoms with Gasteiger partial charge in [-0.1, -0.05) is 18.2 Å². The number of hydrogen-bond acceptors (Lipinski definition) is 5. The maximum atomic E-state index is 12.2. The largest absolute Gasteiger partial charge is 0.299 e. The van der Waals surface area contributed by atoms with E-state index in [0.29, 0.717) is 35.0 Å². The minimum absolute atomic E-state index is 0.00655. The number of carbonyl (C=O) groups is 2. The Morgan fingerprint density at radius 2 is 2.00 bits per heavy atom. The zero-order valence-corrected chi connectivity index (χ0v) is 14.2. The molecule has 2 heterocycles. The molecule has 1 aliphatic rings. The van der Waals surface area contributed by atoms with E-state index >= 15 is 0 Å². The number of hydrogen-bond donors (Lipinski definition) is 0. The fourth-order valence-electron chi connectivity index (χ4n) is 2.93. The van der Waals surface area contributed by atoms with E-state index in [0.717, 1.165) is 18.4 Å². The number of aryl methyl sites for hydroxylation is 1. The standard InChI is InChI=1S/C19H18N4O2/c1-11(24)14-4-3-5-15(8-14)19-21-16(9-17(25)13-6-7-13)10-18-20-12(2)22-23(18)19/h3-5,8,10,13H,6-7,9H2,1-2H3. The van der Waals surface area contributed by atoms with Gasteiger partial charge in [0.05, 0.1) is 5.69 Å². The van der Waals surface area contributed by atoms with Gasteiger partial charge in [-0.25, -0.2) is 9.97 Å². The van der Waals surface area contributed by atoms with Gasteiger partial charge >= 0.3 is 0 Å². The van der Waals surface area contributed by atoms with E-state index in [1.807, 2.05) is 25.1 Å². The fraction of sp³-hybridized carbons (Fsp3) is 0.316. The molecule has 6 nitrogen and oxygen atoms in total. The van der Waals surface area contributed by atoms with E-state index in [2.05, 4.69) is 15.1 Å². The summed E-state index contributed by atoms with van der Waals surface area (Å²) in [7, 11) is 0. The van der Waals surface area contributed by atoms with Gasteiger partial charge in [-0.15, -0.1) is 5.10 Å². The summed E-state index contributed by atoms with van der Waals surface area (Å²) in [6.45, 7) is 3.35. The number of fused-ring (bicyclic) bond motifs is 1. The molecule has 2 aromatic heterocycles. The number of Topliss-reactive ketones (excluding diaryl/α,β-unsaturated/α-hetero) is 2. The summed E-state index contributed by atoms with van der Waals surface area (Å²) in [6.07, 6.45) is 2.28. The summed E-state index contributed by atoms with van der Waals surface area (Å²) in [4.78, 5) is 33.0. The molecule has 0 bridgehead atoms. The van der Waals surface area contributed by atoms with Gasteiger partial charge in [0.2, 0.25) is 0 Å². The SMILES string of the molecule is CC(=O)c1cccc(-c2nc(CC(=O)C3CC3)cc3nc(C)nn23)c1. The summed E-state index contributed by atoms with van der Waals surface area (Å²) in [5.74, 6) is 1.66. The first-order chi connectivity index (χ1) is 12.0. The Bertz CT molecular complexity index is 1000. The van der Waals surface area contributed by atoms with Gasteiger partial charge in [-0.2, -0.15) is 4.52 Å². The van der Waals surface area contributed by atoms with Crippen molar-refractivity contribution >= 4 is 17.2 Å². The second-order valence-corrected chi connectivity index (χ2v) is 6.55. The van der Waals surface area contributed by atoms with Crippen molar-refractivity contribution in [3.8, 4) is 11.4 Å². The highest BCUT2D eigenvalue weighted by Crippen LogP contribution is 2.31. The summed E-state index contributed by atoms with van der Waals surface area (Å²) < 4.78 is 1.67. The zero-order valence-electron chi connectivity index (χ0n) is 14.2. The van der Waals surface area contributed by atoms with E-state index in [1.165, 1.54) is 6.92 Å². The molecule has 1 aliphatic carbocycles. The van der Waals surface area contributed by atoms with Crippen LogP contribution in [0, 0.1) is 12.8 Å². The Hall–Kier alpha value is -2.89. The van der Waals surface area contributed by atoms with Crippen LogP contribution in [0.5, 0.6) is 0 Å². The van der Waals surface area contributed by atoms with Crippen LogP contribution in [-0.2, 0) is 11.2 Å². The average molecular weight is 334 g/mol. The number of nitrogens with zero attached hydrogens (tertiary/aromatic N) is 4. The summed E-state index contributed by atoms with van der Waals surface area (Å²) in [5, 5.41) is 4.40. The molecule has 4 rings (SSSR count). The third kappa shape index (κ3) is 3.07. The van der Waals surface area contributed by atoms with Gasteiger partial charge in [0.25, 0.3) is 0 Å². The fourth-order valence-corrected chi connectivity index (χ4v) is 2.93. The lowest BCUT2D eigenvalue weighted by atomic mass is 10.1. The van der Waals surface area contributed by atoms with Crippen molar-refractivity contribution in [1.29, 1.82) is 0 Å². The van der Waals surface area contributed by atoms with Crippen LogP contribution < -0.4 is 0 Å². The second kappa shape index (κ2) is 5.88. The van der Waals surface area contributed by atoms with Crippen LogP contribution in [0.15, 0.2) is 30.3 Å². The highest BCUT2D eigenvalue weighted by atomic mass is 16.1. The highest BCUT2D eigenvalue weighted by molar-refractivity contribution is 5.95. The molecule has 0 N–H and O–H groups in total. The predicted molar refractivity (Wildman–Crippen MR) is 92.4 cm³/mol. The molecule has 25 heavy (non-hydrogen) atoms. The maximum Gasteiger partial charge on any atom is 0.163 e. The number of benzene rings is 1. The van der Waals surface area contributed by atoms with Crippen molar-refractivity contribution in [3.63, 3.8) is 0 Å². The Morgan fingerprint density at radius 3 is 2.72 bits per heavy atom. The van der Waals surface area contributed by atoms with Crippen molar-refractivity contribution in [3.05, 3.63) is 47.4 Å². The van der Waals surface area contributed by atoms with Crippen LogP contribution in [0.3, 0.4) is 0 Å². The third-order valence-corrected chi connectivity index (χ3v) is 4.40. The molecule has 1 saturated carbocycles. The first-order valence-corrected chi connectivity index (χ1v) is 8.38. The van der Waals surface area contributed by atoms with E-state index < -0.39 is 0 Å². The first-order valence-electron chi connectivity index (χ1n) is 8.38. The molecule has 0 atom stereocenters. The summed E-state index contributed by atoms with van der Waals surface area (Å²) >= 11 is 0. The van der Waals surface area contributed by atoms with E-state index in [1.54, 1.807) is 16.6 Å². The third-order valence-electron chi connectivity index (χ3n) is 4.40.